The number of nitrogens with one attached hydrogen (secondary N) is 1. The molecule has 3 aromatic rings. The van der Waals surface area contributed by atoms with Gasteiger partial charge in [-0.05, 0) is 24.3 Å². The standard InChI is InChI=1S/C21H18F3N5O4/c22-21(23,24)33-15-8-4-5-13(9-15)16-10-18(27-29(16)14-6-2-1-3-7-14)26-20(31)17-11-28(25)19(30)12-32-17/h1-10,17H,11-12,25H2,(H,26,27,31). The molecule has 0 bridgehead atoms. The molecule has 33 heavy (non-hydrogen) atoms. The summed E-state index contributed by atoms with van der Waals surface area (Å²) in [6, 6.07) is 15.8. The zero-order valence-electron chi connectivity index (χ0n) is 17.0. The zero-order valence-corrected chi connectivity index (χ0v) is 17.0. The molecule has 4 rings (SSSR count). The van der Waals surface area contributed by atoms with Crippen LogP contribution in [0.5, 0.6) is 5.75 Å². The smallest absolute Gasteiger partial charge is 0.406 e. The summed E-state index contributed by atoms with van der Waals surface area (Å²) < 4.78 is 48.7. The van der Waals surface area contributed by atoms with Crippen LogP contribution in [0.15, 0.2) is 60.7 Å². The van der Waals surface area contributed by atoms with Crippen molar-refractivity contribution in [1.29, 1.82) is 0 Å². The Bertz CT molecular complexity index is 1170. The molecule has 9 nitrogen and oxygen atoms in total. The Hall–Kier alpha value is -3.90. The second-order valence-corrected chi connectivity index (χ2v) is 7.07. The van der Waals surface area contributed by atoms with Crippen LogP contribution < -0.4 is 15.9 Å². The van der Waals surface area contributed by atoms with E-state index in [0.29, 0.717) is 16.9 Å². The zero-order chi connectivity index (χ0) is 23.6. The predicted octanol–water partition coefficient (Wildman–Crippen LogP) is 2.48. The van der Waals surface area contributed by atoms with Crippen molar-refractivity contribution in [3.63, 3.8) is 0 Å². The molecule has 1 fully saturated rings. The molecule has 0 radical (unpaired) electrons. The van der Waals surface area contributed by atoms with Gasteiger partial charge in [-0.25, -0.2) is 10.5 Å². The van der Waals surface area contributed by atoms with E-state index in [0.717, 1.165) is 5.01 Å². The first-order valence-corrected chi connectivity index (χ1v) is 9.69. The fraction of sp³-hybridized carbons (Fsp3) is 0.190. The van der Waals surface area contributed by atoms with Gasteiger partial charge in [-0.2, -0.15) is 0 Å². The predicted molar refractivity (Wildman–Crippen MR) is 110 cm³/mol. The highest BCUT2D eigenvalue weighted by Crippen LogP contribution is 2.31. The van der Waals surface area contributed by atoms with Crippen LogP contribution in [0, 0.1) is 0 Å². The number of benzene rings is 2. The number of aromatic nitrogens is 2. The number of para-hydroxylation sites is 1. The summed E-state index contributed by atoms with van der Waals surface area (Å²) in [6.45, 7) is -0.460. The Morgan fingerprint density at radius 2 is 1.91 bits per heavy atom. The van der Waals surface area contributed by atoms with Crippen molar-refractivity contribution in [1.82, 2.24) is 14.8 Å². The number of hydrogen-bond donors (Lipinski definition) is 2. The average molecular weight is 461 g/mol. The molecular weight excluding hydrogens is 443 g/mol. The topological polar surface area (TPSA) is 112 Å². The van der Waals surface area contributed by atoms with Crippen molar-refractivity contribution in [2.24, 2.45) is 5.84 Å². The van der Waals surface area contributed by atoms with E-state index in [1.807, 2.05) is 0 Å². The molecule has 1 aliphatic rings. The molecule has 0 saturated carbocycles. The Morgan fingerprint density at radius 1 is 1.15 bits per heavy atom. The maximum Gasteiger partial charge on any atom is 0.573 e. The van der Waals surface area contributed by atoms with Gasteiger partial charge in [-0.15, -0.1) is 18.3 Å². The van der Waals surface area contributed by atoms with Crippen LogP contribution in [0.2, 0.25) is 0 Å². The van der Waals surface area contributed by atoms with Crippen molar-refractivity contribution < 1.29 is 32.2 Å². The summed E-state index contributed by atoms with van der Waals surface area (Å²) in [5, 5.41) is 7.88. The number of anilines is 1. The number of halogens is 3. The highest BCUT2D eigenvalue weighted by Gasteiger charge is 2.32. The molecule has 172 valence electrons. The van der Waals surface area contributed by atoms with Gasteiger partial charge in [0.15, 0.2) is 11.9 Å². The highest BCUT2D eigenvalue weighted by molar-refractivity contribution is 5.95. The fourth-order valence-corrected chi connectivity index (χ4v) is 3.22. The van der Waals surface area contributed by atoms with Crippen LogP contribution >= 0.6 is 0 Å². The Kier molecular flexibility index (Phi) is 6.03. The molecule has 2 heterocycles. The minimum Gasteiger partial charge on any atom is -0.406 e. The van der Waals surface area contributed by atoms with Crippen molar-refractivity contribution in [3.8, 4) is 22.7 Å². The van der Waals surface area contributed by atoms with Gasteiger partial charge < -0.3 is 14.8 Å². The number of alkyl halides is 3. The third kappa shape index (κ3) is 5.30. The lowest BCUT2D eigenvalue weighted by Gasteiger charge is -2.28. The molecular formula is C21H18F3N5O4. The van der Waals surface area contributed by atoms with Crippen molar-refractivity contribution in [2.75, 3.05) is 18.5 Å². The van der Waals surface area contributed by atoms with Crippen LogP contribution in [-0.2, 0) is 14.3 Å². The molecule has 1 aliphatic heterocycles. The molecule has 1 atom stereocenters. The molecule has 0 spiro atoms. The lowest BCUT2D eigenvalue weighted by atomic mass is 10.1. The van der Waals surface area contributed by atoms with Gasteiger partial charge in [0, 0.05) is 11.6 Å². The number of ether oxygens (including phenoxy) is 2. The molecule has 2 aromatic carbocycles. The average Bonchev–Trinajstić information content (AvgIpc) is 3.19. The Balaban J connectivity index is 1.65. The maximum atomic E-state index is 12.7. The minimum absolute atomic E-state index is 0.130. The van der Waals surface area contributed by atoms with Crippen LogP contribution in [0.3, 0.4) is 0 Å². The van der Waals surface area contributed by atoms with Crippen molar-refractivity contribution >= 4 is 17.6 Å². The van der Waals surface area contributed by atoms with Crippen LogP contribution in [-0.4, -0.2) is 52.2 Å². The first-order chi connectivity index (χ1) is 15.7. The molecule has 1 saturated heterocycles. The number of carbonyl (C=O) groups excluding carboxylic acids is 2. The number of hydrogen-bond acceptors (Lipinski definition) is 6. The lowest BCUT2D eigenvalue weighted by molar-refractivity contribution is -0.274. The summed E-state index contributed by atoms with van der Waals surface area (Å²) >= 11 is 0. The van der Waals surface area contributed by atoms with Crippen molar-refractivity contribution in [3.05, 3.63) is 60.7 Å². The number of amides is 2. The summed E-state index contributed by atoms with van der Waals surface area (Å²) in [5.74, 6) is 4.26. The van der Waals surface area contributed by atoms with Gasteiger partial charge in [-0.1, -0.05) is 30.3 Å². The SMILES string of the molecule is NN1CC(C(=O)Nc2cc(-c3cccc(OC(F)(F)F)c3)n(-c3ccccc3)n2)OCC1=O. The summed E-state index contributed by atoms with van der Waals surface area (Å²) in [6.07, 6.45) is -5.84. The second kappa shape index (κ2) is 8.92. The fourth-order valence-electron chi connectivity index (χ4n) is 3.22. The summed E-state index contributed by atoms with van der Waals surface area (Å²) in [5.41, 5.74) is 1.40. The van der Waals surface area contributed by atoms with E-state index in [2.05, 4.69) is 15.2 Å². The maximum absolute atomic E-state index is 12.7. The van der Waals surface area contributed by atoms with E-state index >= 15 is 0 Å². The number of nitrogens with zero attached hydrogens (tertiary/aromatic N) is 3. The molecule has 3 N–H and O–H groups in total. The van der Waals surface area contributed by atoms with E-state index in [1.54, 1.807) is 36.4 Å². The van der Waals surface area contributed by atoms with Gasteiger partial charge >= 0.3 is 6.36 Å². The molecule has 1 aromatic heterocycles. The number of morpholine rings is 1. The highest BCUT2D eigenvalue weighted by atomic mass is 19.4. The van der Waals surface area contributed by atoms with Gasteiger partial charge in [0.05, 0.1) is 17.9 Å². The van der Waals surface area contributed by atoms with Gasteiger partial charge in [-0.3, -0.25) is 14.6 Å². The number of hydrazine groups is 1. The molecule has 1 unspecified atom stereocenters. The first kappa shape index (κ1) is 22.3. The summed E-state index contributed by atoms with van der Waals surface area (Å²) in [4.78, 5) is 24.0. The van der Waals surface area contributed by atoms with E-state index in [-0.39, 0.29) is 19.0 Å². The monoisotopic (exact) mass is 461 g/mol. The second-order valence-electron chi connectivity index (χ2n) is 7.07. The quantitative estimate of drug-likeness (QED) is 0.446. The summed E-state index contributed by atoms with van der Waals surface area (Å²) in [7, 11) is 0. The van der Waals surface area contributed by atoms with E-state index < -0.39 is 30.0 Å². The normalized spacial score (nSPS) is 16.5. The minimum atomic E-state index is -4.84. The van der Waals surface area contributed by atoms with E-state index in [1.165, 1.54) is 28.9 Å². The number of rotatable bonds is 5. The largest absolute Gasteiger partial charge is 0.573 e. The lowest BCUT2D eigenvalue weighted by Crippen LogP contribution is -2.53. The van der Waals surface area contributed by atoms with Crippen molar-refractivity contribution in [2.45, 2.75) is 12.5 Å². The third-order valence-corrected chi connectivity index (χ3v) is 4.71. The molecule has 0 aliphatic carbocycles. The Morgan fingerprint density at radius 3 is 2.61 bits per heavy atom. The number of carbonyl (C=O) groups is 2. The van der Waals surface area contributed by atoms with Crippen LogP contribution in [0.4, 0.5) is 19.0 Å². The van der Waals surface area contributed by atoms with Crippen LogP contribution in [0.25, 0.3) is 16.9 Å². The Labute approximate surface area is 185 Å². The third-order valence-electron chi connectivity index (χ3n) is 4.71. The molecule has 12 heteroatoms. The first-order valence-electron chi connectivity index (χ1n) is 9.69. The van der Waals surface area contributed by atoms with Gasteiger partial charge in [0.2, 0.25) is 0 Å². The van der Waals surface area contributed by atoms with Gasteiger partial charge in [0.1, 0.15) is 12.4 Å². The van der Waals surface area contributed by atoms with Crippen LogP contribution in [0.1, 0.15) is 0 Å². The van der Waals surface area contributed by atoms with E-state index in [4.69, 9.17) is 10.6 Å². The molecule has 2 amide bonds. The van der Waals surface area contributed by atoms with E-state index in [9.17, 15) is 22.8 Å². The van der Waals surface area contributed by atoms with Gasteiger partial charge in [0.25, 0.3) is 11.8 Å². The number of nitrogens with two attached hydrogens (primary N) is 1.